The van der Waals surface area contributed by atoms with Crippen LogP contribution >= 0.6 is 11.6 Å². The molecule has 0 saturated carbocycles. The summed E-state index contributed by atoms with van der Waals surface area (Å²) in [5.41, 5.74) is 1.84. The van der Waals surface area contributed by atoms with Gasteiger partial charge in [-0.15, -0.1) is 0 Å². The van der Waals surface area contributed by atoms with Crippen molar-refractivity contribution in [2.45, 2.75) is 12.8 Å². The third kappa shape index (κ3) is 3.97. The van der Waals surface area contributed by atoms with Crippen LogP contribution in [-0.4, -0.2) is 58.2 Å². The van der Waals surface area contributed by atoms with Crippen LogP contribution in [0.4, 0.5) is 0 Å². The van der Waals surface area contributed by atoms with Crippen molar-refractivity contribution in [3.05, 3.63) is 52.8 Å². The van der Waals surface area contributed by atoms with E-state index < -0.39 is 0 Å². The second-order valence-electron chi connectivity index (χ2n) is 6.16. The molecule has 1 amide bonds. The molecule has 1 aromatic carbocycles. The molecular formula is C18H23ClN4O. The van der Waals surface area contributed by atoms with Crippen LogP contribution < -0.4 is 0 Å². The normalized spacial score (nSPS) is 16.2. The summed E-state index contributed by atoms with van der Waals surface area (Å²) in [6.07, 6.45) is 3.80. The molecular weight excluding hydrogens is 324 g/mol. The highest BCUT2D eigenvalue weighted by atomic mass is 35.5. The maximum absolute atomic E-state index is 12.7. The fraction of sp³-hybridized carbons (Fsp3) is 0.444. The van der Waals surface area contributed by atoms with Gasteiger partial charge in [0.1, 0.15) is 0 Å². The monoisotopic (exact) mass is 346 g/mol. The quantitative estimate of drug-likeness (QED) is 0.854. The predicted octanol–water partition coefficient (Wildman–Crippen LogP) is 2.46. The van der Waals surface area contributed by atoms with Crippen LogP contribution in [0.25, 0.3) is 0 Å². The molecule has 24 heavy (non-hydrogen) atoms. The lowest BCUT2D eigenvalue weighted by Gasteiger charge is -2.22. The van der Waals surface area contributed by atoms with Crippen molar-refractivity contribution in [3.63, 3.8) is 0 Å². The molecule has 0 atom stereocenters. The molecule has 5 nitrogen and oxygen atoms in total. The molecule has 1 fully saturated rings. The van der Waals surface area contributed by atoms with Gasteiger partial charge in [0.05, 0.1) is 10.6 Å². The topological polar surface area (TPSA) is 41.4 Å². The van der Waals surface area contributed by atoms with Gasteiger partial charge in [0.15, 0.2) is 0 Å². The van der Waals surface area contributed by atoms with Gasteiger partial charge < -0.3 is 9.80 Å². The van der Waals surface area contributed by atoms with Crippen molar-refractivity contribution in [1.29, 1.82) is 0 Å². The molecule has 0 bridgehead atoms. The Hall–Kier alpha value is -1.85. The number of hydrogen-bond acceptors (Lipinski definition) is 3. The average molecular weight is 347 g/mol. The van der Waals surface area contributed by atoms with E-state index in [0.29, 0.717) is 10.6 Å². The molecule has 0 radical (unpaired) electrons. The lowest BCUT2D eigenvalue weighted by atomic mass is 10.2. The van der Waals surface area contributed by atoms with Crippen LogP contribution in [0.2, 0.25) is 5.02 Å². The summed E-state index contributed by atoms with van der Waals surface area (Å²) < 4.78 is 1.92. The summed E-state index contributed by atoms with van der Waals surface area (Å²) in [7, 11) is 1.97. The Morgan fingerprint density at radius 1 is 1.17 bits per heavy atom. The zero-order valence-corrected chi connectivity index (χ0v) is 14.7. The lowest BCUT2D eigenvalue weighted by Crippen LogP contribution is -2.35. The third-order valence-corrected chi connectivity index (χ3v) is 4.92. The second-order valence-corrected chi connectivity index (χ2v) is 6.57. The number of benzene rings is 1. The number of carbonyl (C=O) groups excluding carboxylic acids is 1. The van der Waals surface area contributed by atoms with Crippen molar-refractivity contribution >= 4 is 17.5 Å². The van der Waals surface area contributed by atoms with E-state index in [1.54, 1.807) is 12.1 Å². The smallest absolute Gasteiger partial charge is 0.255 e. The minimum Gasteiger partial charge on any atom is -0.337 e. The second kappa shape index (κ2) is 7.81. The number of amides is 1. The minimum atomic E-state index is 0.0362. The molecule has 1 aliphatic rings. The highest BCUT2D eigenvalue weighted by Gasteiger charge is 2.21. The van der Waals surface area contributed by atoms with E-state index in [0.717, 1.165) is 45.6 Å². The largest absolute Gasteiger partial charge is 0.337 e. The van der Waals surface area contributed by atoms with Gasteiger partial charge in [-0.1, -0.05) is 23.7 Å². The van der Waals surface area contributed by atoms with Gasteiger partial charge in [-0.25, -0.2) is 0 Å². The molecule has 6 heteroatoms. The number of hydrogen-bond donors (Lipinski definition) is 0. The Balaban J connectivity index is 1.56. The number of aromatic nitrogens is 2. The molecule has 2 heterocycles. The van der Waals surface area contributed by atoms with Gasteiger partial charge in [0.2, 0.25) is 0 Å². The number of rotatable bonds is 4. The van der Waals surface area contributed by atoms with E-state index in [4.69, 9.17) is 11.6 Å². The fourth-order valence-electron chi connectivity index (χ4n) is 3.12. The zero-order valence-electron chi connectivity index (χ0n) is 14.0. The first-order valence-electron chi connectivity index (χ1n) is 8.38. The molecule has 3 rings (SSSR count). The Bertz CT molecular complexity index is 700. The van der Waals surface area contributed by atoms with Crippen molar-refractivity contribution in [3.8, 4) is 0 Å². The number of nitrogens with zero attached hydrogens (tertiary/aromatic N) is 4. The SMILES string of the molecule is Cn1nccc1CCN1CCCN(C(=O)c2ccccc2Cl)CC1. The summed E-state index contributed by atoms with van der Waals surface area (Å²) in [5.74, 6) is 0.0362. The van der Waals surface area contributed by atoms with Crippen LogP contribution in [0.1, 0.15) is 22.5 Å². The molecule has 1 aromatic heterocycles. The lowest BCUT2D eigenvalue weighted by molar-refractivity contribution is 0.0761. The summed E-state index contributed by atoms with van der Waals surface area (Å²) in [5, 5.41) is 4.74. The Morgan fingerprint density at radius 3 is 2.75 bits per heavy atom. The molecule has 2 aromatic rings. The zero-order chi connectivity index (χ0) is 16.9. The molecule has 0 unspecified atom stereocenters. The van der Waals surface area contributed by atoms with Crippen LogP contribution in [0.5, 0.6) is 0 Å². The van der Waals surface area contributed by atoms with Gasteiger partial charge >= 0.3 is 0 Å². The summed E-state index contributed by atoms with van der Waals surface area (Å²) in [6.45, 7) is 4.44. The van der Waals surface area contributed by atoms with Gasteiger partial charge in [-0.2, -0.15) is 5.10 Å². The first-order chi connectivity index (χ1) is 11.6. The highest BCUT2D eigenvalue weighted by Crippen LogP contribution is 2.18. The first-order valence-corrected chi connectivity index (χ1v) is 8.76. The van der Waals surface area contributed by atoms with Gasteiger partial charge in [-0.05, 0) is 31.2 Å². The Labute approximate surface area is 147 Å². The van der Waals surface area contributed by atoms with Crippen LogP contribution in [0.15, 0.2) is 36.5 Å². The van der Waals surface area contributed by atoms with Crippen LogP contribution in [0.3, 0.4) is 0 Å². The Kier molecular flexibility index (Phi) is 5.53. The van der Waals surface area contributed by atoms with Crippen molar-refractivity contribution in [2.24, 2.45) is 7.05 Å². The Morgan fingerprint density at radius 2 is 2.00 bits per heavy atom. The summed E-state index contributed by atoms with van der Waals surface area (Å²) in [4.78, 5) is 17.0. The molecule has 128 valence electrons. The van der Waals surface area contributed by atoms with Crippen LogP contribution in [0, 0.1) is 0 Å². The molecule has 0 N–H and O–H groups in total. The number of carbonyl (C=O) groups is 1. The molecule has 0 spiro atoms. The van der Waals surface area contributed by atoms with Crippen molar-refractivity contribution in [2.75, 3.05) is 32.7 Å². The summed E-state index contributed by atoms with van der Waals surface area (Å²) in [6, 6.07) is 9.34. The van der Waals surface area contributed by atoms with E-state index >= 15 is 0 Å². The van der Waals surface area contributed by atoms with E-state index in [2.05, 4.69) is 16.1 Å². The van der Waals surface area contributed by atoms with Crippen molar-refractivity contribution < 1.29 is 4.79 Å². The average Bonchev–Trinajstić information content (AvgIpc) is 2.85. The third-order valence-electron chi connectivity index (χ3n) is 4.59. The van der Waals surface area contributed by atoms with Crippen LogP contribution in [-0.2, 0) is 13.5 Å². The molecule has 0 aliphatic carbocycles. The van der Waals surface area contributed by atoms with Crippen molar-refractivity contribution in [1.82, 2.24) is 19.6 Å². The minimum absolute atomic E-state index is 0.0362. The maximum atomic E-state index is 12.7. The molecule has 1 aliphatic heterocycles. The van der Waals surface area contributed by atoms with Gasteiger partial charge in [0.25, 0.3) is 5.91 Å². The fourth-order valence-corrected chi connectivity index (χ4v) is 3.34. The highest BCUT2D eigenvalue weighted by molar-refractivity contribution is 6.33. The predicted molar refractivity (Wildman–Crippen MR) is 95.3 cm³/mol. The number of halogens is 1. The van der Waals surface area contributed by atoms with E-state index in [1.165, 1.54) is 5.69 Å². The van der Waals surface area contributed by atoms with Gasteiger partial charge in [-0.3, -0.25) is 9.48 Å². The number of aryl methyl sites for hydroxylation is 1. The van der Waals surface area contributed by atoms with Gasteiger partial charge in [0, 0.05) is 51.5 Å². The van der Waals surface area contributed by atoms with E-state index in [-0.39, 0.29) is 5.91 Å². The summed E-state index contributed by atoms with van der Waals surface area (Å²) >= 11 is 6.16. The standard InChI is InChI=1S/C18H23ClN4O/c1-21-15(7-9-20-21)8-12-22-10-4-11-23(14-13-22)18(24)16-5-2-3-6-17(16)19/h2-3,5-7,9H,4,8,10-14H2,1H3. The van der Waals surface area contributed by atoms with E-state index in [1.807, 2.05) is 35.0 Å². The maximum Gasteiger partial charge on any atom is 0.255 e. The van der Waals surface area contributed by atoms with E-state index in [9.17, 15) is 4.79 Å². The molecule has 1 saturated heterocycles. The first kappa shape index (κ1) is 17.0.